The van der Waals surface area contributed by atoms with Gasteiger partial charge in [0.1, 0.15) is 5.84 Å². The van der Waals surface area contributed by atoms with Crippen LogP contribution in [-0.2, 0) is 0 Å². The molecule has 0 aromatic carbocycles. The van der Waals surface area contributed by atoms with Crippen molar-refractivity contribution in [2.75, 3.05) is 0 Å². The van der Waals surface area contributed by atoms with Crippen LogP contribution in [0, 0.1) is 5.92 Å². The highest BCUT2D eigenvalue weighted by atomic mass is 15.2. The summed E-state index contributed by atoms with van der Waals surface area (Å²) < 4.78 is 0. The quantitative estimate of drug-likeness (QED) is 0.248. The minimum atomic E-state index is 0.335. The van der Waals surface area contributed by atoms with Crippen LogP contribution in [0.3, 0.4) is 0 Å². The topological polar surface area (TPSA) is 50.4 Å². The summed E-state index contributed by atoms with van der Waals surface area (Å²) in [5.41, 5.74) is 2.75. The molecule has 0 radical (unpaired) electrons. The largest absolute Gasteiger partial charge is 0.312 e. The monoisotopic (exact) mass is 211 g/mol. The molecule has 0 aromatic heterocycles. The van der Waals surface area contributed by atoms with Crippen molar-refractivity contribution in [2.24, 2.45) is 16.8 Å². The van der Waals surface area contributed by atoms with Crippen molar-refractivity contribution < 1.29 is 0 Å². The molecule has 1 saturated carbocycles. The molecule has 0 spiro atoms. The zero-order valence-corrected chi connectivity index (χ0v) is 10.1. The Morgan fingerprint density at radius 3 is 2.33 bits per heavy atom. The Kier molecular flexibility index (Phi) is 5.69. The Labute approximate surface area is 93.5 Å². The van der Waals surface area contributed by atoms with Gasteiger partial charge >= 0.3 is 0 Å². The van der Waals surface area contributed by atoms with E-state index in [2.05, 4.69) is 24.3 Å². The summed E-state index contributed by atoms with van der Waals surface area (Å²) in [6, 6.07) is 0.335. The van der Waals surface area contributed by atoms with Crippen LogP contribution in [-0.4, -0.2) is 11.9 Å². The number of nitrogens with one attached hydrogen (secondary N) is 1. The molecule has 88 valence electrons. The normalized spacial score (nSPS) is 20.4. The van der Waals surface area contributed by atoms with Crippen LogP contribution >= 0.6 is 0 Å². The summed E-state index contributed by atoms with van der Waals surface area (Å²) in [6.07, 6.45) is 9.30. The molecule has 0 atom stereocenters. The lowest BCUT2D eigenvalue weighted by Gasteiger charge is -2.15. The lowest BCUT2D eigenvalue weighted by Crippen LogP contribution is -2.32. The maximum Gasteiger partial charge on any atom is 0.111 e. The molecule has 0 amide bonds. The van der Waals surface area contributed by atoms with Gasteiger partial charge in [0, 0.05) is 12.5 Å². The van der Waals surface area contributed by atoms with Gasteiger partial charge in [0.05, 0.1) is 0 Å². The van der Waals surface area contributed by atoms with Gasteiger partial charge in [0.2, 0.25) is 0 Å². The van der Waals surface area contributed by atoms with E-state index in [9.17, 15) is 0 Å². The lowest BCUT2D eigenvalue weighted by atomic mass is 9.96. The Morgan fingerprint density at radius 2 is 1.87 bits per heavy atom. The number of rotatable bonds is 3. The van der Waals surface area contributed by atoms with E-state index in [0.717, 1.165) is 18.2 Å². The van der Waals surface area contributed by atoms with Crippen LogP contribution in [0.1, 0.15) is 58.8 Å². The molecule has 0 aromatic rings. The van der Waals surface area contributed by atoms with Gasteiger partial charge in [-0.2, -0.15) is 0 Å². The highest BCUT2D eigenvalue weighted by molar-refractivity contribution is 5.81. The van der Waals surface area contributed by atoms with E-state index in [0.29, 0.717) is 6.04 Å². The fourth-order valence-corrected chi connectivity index (χ4v) is 2.30. The Morgan fingerprint density at radius 1 is 1.27 bits per heavy atom. The molecule has 3 heteroatoms. The zero-order chi connectivity index (χ0) is 11.1. The van der Waals surface area contributed by atoms with Gasteiger partial charge in [-0.15, -0.1) is 0 Å². The second-order valence-electron chi connectivity index (χ2n) is 4.88. The van der Waals surface area contributed by atoms with Gasteiger partial charge in [-0.25, -0.2) is 5.84 Å². The highest BCUT2D eigenvalue weighted by Crippen LogP contribution is 2.25. The van der Waals surface area contributed by atoms with E-state index in [1.54, 1.807) is 0 Å². The van der Waals surface area contributed by atoms with Crippen molar-refractivity contribution in [3.8, 4) is 0 Å². The first kappa shape index (κ1) is 12.5. The number of nitrogens with zero attached hydrogens (tertiary/aromatic N) is 1. The first-order valence-corrected chi connectivity index (χ1v) is 6.25. The van der Waals surface area contributed by atoms with Crippen LogP contribution in [0.2, 0.25) is 0 Å². The van der Waals surface area contributed by atoms with Gasteiger partial charge in [-0.05, 0) is 19.8 Å². The minimum Gasteiger partial charge on any atom is -0.312 e. The zero-order valence-electron chi connectivity index (χ0n) is 10.1. The number of hydrogen-bond acceptors (Lipinski definition) is 2. The second kappa shape index (κ2) is 6.83. The molecular weight excluding hydrogens is 186 g/mol. The van der Waals surface area contributed by atoms with Crippen molar-refractivity contribution in [3.63, 3.8) is 0 Å². The van der Waals surface area contributed by atoms with E-state index in [1.165, 1.54) is 38.5 Å². The molecule has 0 heterocycles. The van der Waals surface area contributed by atoms with E-state index >= 15 is 0 Å². The average Bonchev–Trinajstić information content (AvgIpc) is 2.44. The first-order chi connectivity index (χ1) is 7.22. The number of hydrogen-bond donors (Lipinski definition) is 2. The molecule has 0 aliphatic heterocycles. The molecule has 1 rings (SSSR count). The first-order valence-electron chi connectivity index (χ1n) is 6.25. The van der Waals surface area contributed by atoms with E-state index in [-0.39, 0.29) is 0 Å². The van der Waals surface area contributed by atoms with Crippen LogP contribution in [0.4, 0.5) is 0 Å². The van der Waals surface area contributed by atoms with Crippen LogP contribution in [0.5, 0.6) is 0 Å². The summed E-state index contributed by atoms with van der Waals surface area (Å²) in [7, 11) is 0. The van der Waals surface area contributed by atoms with Crippen LogP contribution in [0.25, 0.3) is 0 Å². The van der Waals surface area contributed by atoms with Gasteiger partial charge in [-0.3, -0.25) is 4.99 Å². The molecular formula is C12H25N3. The molecule has 0 unspecified atom stereocenters. The van der Waals surface area contributed by atoms with E-state index < -0.39 is 0 Å². The van der Waals surface area contributed by atoms with E-state index in [4.69, 9.17) is 5.84 Å². The third-order valence-electron chi connectivity index (χ3n) is 3.04. The van der Waals surface area contributed by atoms with Crippen molar-refractivity contribution in [3.05, 3.63) is 0 Å². The van der Waals surface area contributed by atoms with Gasteiger partial charge in [0.15, 0.2) is 0 Å². The molecule has 1 aliphatic rings. The Bertz CT molecular complexity index is 191. The Hall–Kier alpha value is -0.570. The average molecular weight is 211 g/mol. The maximum absolute atomic E-state index is 5.50. The highest BCUT2D eigenvalue weighted by Gasteiger charge is 2.14. The standard InChI is InChI=1S/C12H25N3/c1-10(2)14-12(15-13)9-11-7-5-3-4-6-8-11/h10-11H,3-9,13H2,1-2H3,(H,14,15). The predicted molar refractivity (Wildman–Crippen MR) is 65.7 cm³/mol. The van der Waals surface area contributed by atoms with Gasteiger partial charge in [0.25, 0.3) is 0 Å². The summed E-state index contributed by atoms with van der Waals surface area (Å²) in [6.45, 7) is 4.18. The third-order valence-corrected chi connectivity index (χ3v) is 3.04. The van der Waals surface area contributed by atoms with E-state index in [1.807, 2.05) is 0 Å². The van der Waals surface area contributed by atoms with Crippen molar-refractivity contribution in [2.45, 2.75) is 64.8 Å². The fraction of sp³-hybridized carbons (Fsp3) is 0.917. The molecule has 3 N–H and O–H groups in total. The SMILES string of the molecule is CC(C)N=C(CC1CCCCCC1)NN. The van der Waals surface area contributed by atoms with Crippen molar-refractivity contribution >= 4 is 5.84 Å². The second-order valence-corrected chi connectivity index (χ2v) is 4.88. The number of nitrogens with two attached hydrogens (primary N) is 1. The molecule has 1 aliphatic carbocycles. The molecule has 0 saturated heterocycles. The van der Waals surface area contributed by atoms with Gasteiger partial charge in [-0.1, -0.05) is 38.5 Å². The minimum absolute atomic E-state index is 0.335. The number of aliphatic imine (C=N–C) groups is 1. The summed E-state index contributed by atoms with van der Waals surface area (Å²) in [5.74, 6) is 7.27. The molecule has 1 fully saturated rings. The fourth-order valence-electron chi connectivity index (χ4n) is 2.30. The smallest absolute Gasteiger partial charge is 0.111 e. The summed E-state index contributed by atoms with van der Waals surface area (Å²) in [5, 5.41) is 0. The lowest BCUT2D eigenvalue weighted by molar-refractivity contribution is 0.471. The number of amidine groups is 1. The van der Waals surface area contributed by atoms with Crippen molar-refractivity contribution in [1.29, 1.82) is 0 Å². The number of hydrazine groups is 1. The van der Waals surface area contributed by atoms with Crippen LogP contribution in [0.15, 0.2) is 4.99 Å². The van der Waals surface area contributed by atoms with Crippen LogP contribution < -0.4 is 11.3 Å². The maximum atomic E-state index is 5.50. The molecule has 15 heavy (non-hydrogen) atoms. The third kappa shape index (κ3) is 5.17. The van der Waals surface area contributed by atoms with Gasteiger partial charge < -0.3 is 5.43 Å². The molecule has 0 bridgehead atoms. The Balaban J connectivity index is 2.42. The van der Waals surface area contributed by atoms with Crippen molar-refractivity contribution in [1.82, 2.24) is 5.43 Å². The molecule has 3 nitrogen and oxygen atoms in total. The summed E-state index contributed by atoms with van der Waals surface area (Å²) in [4.78, 5) is 4.50. The predicted octanol–water partition coefficient (Wildman–Crippen LogP) is 2.62. The summed E-state index contributed by atoms with van der Waals surface area (Å²) >= 11 is 0.